The summed E-state index contributed by atoms with van der Waals surface area (Å²) in [5, 5.41) is 0.0282. The van der Waals surface area contributed by atoms with Crippen LogP contribution in [0.2, 0.25) is 5.02 Å². The third-order valence-corrected chi connectivity index (χ3v) is 3.16. The van der Waals surface area contributed by atoms with Crippen molar-refractivity contribution in [2.45, 2.75) is 6.42 Å². The van der Waals surface area contributed by atoms with Gasteiger partial charge in [-0.05, 0) is 12.1 Å². The maximum atomic E-state index is 13.8. The predicted octanol–water partition coefficient (Wildman–Crippen LogP) is 2.13. The summed E-state index contributed by atoms with van der Waals surface area (Å²) in [5.41, 5.74) is -0.208. The monoisotopic (exact) mass is 317 g/mol. The molecule has 0 spiro atoms. The highest BCUT2D eigenvalue weighted by Gasteiger charge is 2.22. The van der Waals surface area contributed by atoms with Gasteiger partial charge in [-0.1, -0.05) is 17.7 Å². The summed E-state index contributed by atoms with van der Waals surface area (Å²) in [7, 11) is 2.75. The molecule has 1 rings (SSSR count). The van der Waals surface area contributed by atoms with E-state index >= 15 is 0 Å². The van der Waals surface area contributed by atoms with E-state index in [0.717, 1.165) is 6.07 Å². The average molecular weight is 318 g/mol. The average Bonchev–Trinajstić information content (AvgIpc) is 2.46. The molecule has 0 saturated carbocycles. The fourth-order valence-electron chi connectivity index (χ4n) is 1.70. The molecule has 1 amide bonds. The van der Waals surface area contributed by atoms with Gasteiger partial charge in [0.2, 0.25) is 0 Å². The number of hydrogen-bond acceptors (Lipinski definition) is 4. The minimum Gasteiger partial charge on any atom is -0.469 e. The van der Waals surface area contributed by atoms with Crippen molar-refractivity contribution >= 4 is 23.5 Å². The minimum atomic E-state index is -0.701. The van der Waals surface area contributed by atoms with Crippen molar-refractivity contribution in [3.63, 3.8) is 0 Å². The molecule has 7 heteroatoms. The van der Waals surface area contributed by atoms with Crippen molar-refractivity contribution < 1.29 is 23.5 Å². The number of nitrogens with zero attached hydrogens (tertiary/aromatic N) is 1. The molecular formula is C14H17ClFNO4. The quantitative estimate of drug-likeness (QED) is 0.723. The first-order valence-electron chi connectivity index (χ1n) is 6.30. The Kier molecular flexibility index (Phi) is 7.11. The summed E-state index contributed by atoms with van der Waals surface area (Å²) < 4.78 is 23.2. The number of halogens is 2. The van der Waals surface area contributed by atoms with Gasteiger partial charge in [0.15, 0.2) is 0 Å². The molecule has 0 aliphatic heterocycles. The second kappa shape index (κ2) is 8.59. The van der Waals surface area contributed by atoms with Gasteiger partial charge in [-0.2, -0.15) is 0 Å². The lowest BCUT2D eigenvalue weighted by Crippen LogP contribution is -2.36. The summed E-state index contributed by atoms with van der Waals surface area (Å²) in [6.45, 7) is 0.579. The highest BCUT2D eigenvalue weighted by molar-refractivity contribution is 6.33. The Hall–Kier alpha value is -1.66. The molecule has 0 aliphatic rings. The molecule has 1 aromatic rings. The van der Waals surface area contributed by atoms with Gasteiger partial charge in [-0.25, -0.2) is 4.39 Å². The van der Waals surface area contributed by atoms with E-state index in [1.54, 1.807) is 0 Å². The van der Waals surface area contributed by atoms with Gasteiger partial charge in [-0.3, -0.25) is 9.59 Å². The lowest BCUT2D eigenvalue weighted by Gasteiger charge is -2.22. The lowest BCUT2D eigenvalue weighted by molar-refractivity contribution is -0.140. The first-order chi connectivity index (χ1) is 10.0. The molecule has 0 saturated heterocycles. The molecule has 0 aromatic heterocycles. The van der Waals surface area contributed by atoms with Crippen LogP contribution in [0.15, 0.2) is 18.2 Å². The third-order valence-electron chi connectivity index (χ3n) is 2.84. The van der Waals surface area contributed by atoms with Crippen molar-refractivity contribution in [3.8, 4) is 0 Å². The Morgan fingerprint density at radius 1 is 1.29 bits per heavy atom. The van der Waals surface area contributed by atoms with Gasteiger partial charge >= 0.3 is 5.97 Å². The molecule has 0 heterocycles. The molecule has 0 bridgehead atoms. The first-order valence-corrected chi connectivity index (χ1v) is 6.68. The van der Waals surface area contributed by atoms with Gasteiger partial charge in [0, 0.05) is 20.2 Å². The topological polar surface area (TPSA) is 55.8 Å². The Morgan fingerprint density at radius 3 is 2.57 bits per heavy atom. The van der Waals surface area contributed by atoms with Gasteiger partial charge < -0.3 is 14.4 Å². The molecule has 0 radical (unpaired) electrons. The predicted molar refractivity (Wildman–Crippen MR) is 75.8 cm³/mol. The van der Waals surface area contributed by atoms with E-state index in [2.05, 4.69) is 4.74 Å². The van der Waals surface area contributed by atoms with Crippen LogP contribution >= 0.6 is 11.6 Å². The first kappa shape index (κ1) is 17.4. The Labute approximate surface area is 127 Å². The summed E-state index contributed by atoms with van der Waals surface area (Å²) in [4.78, 5) is 24.9. The van der Waals surface area contributed by atoms with Gasteiger partial charge in [0.25, 0.3) is 5.91 Å². The smallest absolute Gasteiger partial charge is 0.307 e. The van der Waals surface area contributed by atoms with Crippen molar-refractivity contribution in [3.05, 3.63) is 34.6 Å². The number of carbonyl (C=O) groups is 2. The molecule has 5 nitrogen and oxygen atoms in total. The second-order valence-electron chi connectivity index (χ2n) is 4.21. The fraction of sp³-hybridized carbons (Fsp3) is 0.429. The van der Waals surface area contributed by atoms with Crippen LogP contribution in [-0.2, 0) is 14.3 Å². The Bertz CT molecular complexity index is 489. The van der Waals surface area contributed by atoms with Gasteiger partial charge in [0.05, 0.1) is 30.7 Å². The second-order valence-corrected chi connectivity index (χ2v) is 4.61. The van der Waals surface area contributed by atoms with E-state index in [4.69, 9.17) is 16.3 Å². The van der Waals surface area contributed by atoms with Gasteiger partial charge in [-0.15, -0.1) is 0 Å². The number of hydrogen-bond donors (Lipinski definition) is 0. The minimum absolute atomic E-state index is 0.0119. The molecular weight excluding hydrogens is 301 g/mol. The number of carbonyl (C=O) groups excluding carboxylic acids is 2. The zero-order valence-corrected chi connectivity index (χ0v) is 12.7. The number of amides is 1. The van der Waals surface area contributed by atoms with Crippen LogP contribution in [0.1, 0.15) is 16.8 Å². The summed E-state index contributed by atoms with van der Waals surface area (Å²) in [5.74, 6) is -1.74. The molecule has 116 valence electrons. The lowest BCUT2D eigenvalue weighted by atomic mass is 10.1. The maximum absolute atomic E-state index is 13.8. The largest absolute Gasteiger partial charge is 0.469 e. The summed E-state index contributed by atoms with van der Waals surface area (Å²) in [6.07, 6.45) is 0.0119. The zero-order valence-electron chi connectivity index (χ0n) is 11.9. The van der Waals surface area contributed by atoms with Crippen LogP contribution in [0.3, 0.4) is 0 Å². The summed E-state index contributed by atoms with van der Waals surface area (Å²) >= 11 is 5.88. The van der Waals surface area contributed by atoms with E-state index in [1.165, 1.54) is 31.3 Å². The highest BCUT2D eigenvalue weighted by atomic mass is 35.5. The van der Waals surface area contributed by atoms with Crippen molar-refractivity contribution in [1.82, 2.24) is 4.90 Å². The number of esters is 1. The zero-order chi connectivity index (χ0) is 15.8. The number of benzene rings is 1. The molecule has 1 aromatic carbocycles. The standard InChI is InChI=1S/C14H17ClFNO4/c1-20-9-8-17(7-6-12(18)21-2)14(19)13-10(15)4-3-5-11(13)16/h3-5H,6-9H2,1-2H3. The summed E-state index contributed by atoms with van der Waals surface area (Å²) in [6, 6.07) is 4.02. The SMILES string of the molecule is COCCN(CCC(=O)OC)C(=O)c1c(F)cccc1Cl. The van der Waals surface area contributed by atoms with Crippen LogP contribution in [0.4, 0.5) is 4.39 Å². The van der Waals surface area contributed by atoms with E-state index in [1.807, 2.05) is 0 Å². The van der Waals surface area contributed by atoms with E-state index in [0.29, 0.717) is 0 Å². The van der Waals surface area contributed by atoms with Crippen LogP contribution in [0, 0.1) is 5.82 Å². The molecule has 0 aliphatic carbocycles. The number of rotatable bonds is 7. The highest BCUT2D eigenvalue weighted by Crippen LogP contribution is 2.21. The normalized spacial score (nSPS) is 10.3. The van der Waals surface area contributed by atoms with Crippen molar-refractivity contribution in [2.24, 2.45) is 0 Å². The molecule has 0 unspecified atom stereocenters. The van der Waals surface area contributed by atoms with Crippen LogP contribution in [0.5, 0.6) is 0 Å². The molecule has 0 atom stereocenters. The van der Waals surface area contributed by atoms with E-state index < -0.39 is 17.7 Å². The van der Waals surface area contributed by atoms with Crippen molar-refractivity contribution in [2.75, 3.05) is 33.9 Å². The van der Waals surface area contributed by atoms with E-state index in [-0.39, 0.29) is 36.7 Å². The Balaban J connectivity index is 2.91. The Morgan fingerprint density at radius 2 is 2.00 bits per heavy atom. The molecule has 0 fully saturated rings. The van der Waals surface area contributed by atoms with Crippen LogP contribution in [-0.4, -0.2) is 50.7 Å². The number of methoxy groups -OCH3 is 2. The van der Waals surface area contributed by atoms with Crippen LogP contribution < -0.4 is 0 Å². The molecule has 0 N–H and O–H groups in total. The molecule has 21 heavy (non-hydrogen) atoms. The number of ether oxygens (including phenoxy) is 2. The fourth-order valence-corrected chi connectivity index (χ4v) is 1.95. The third kappa shape index (κ3) is 4.99. The van der Waals surface area contributed by atoms with E-state index in [9.17, 15) is 14.0 Å². The van der Waals surface area contributed by atoms with Gasteiger partial charge in [0.1, 0.15) is 5.82 Å². The van der Waals surface area contributed by atoms with Crippen molar-refractivity contribution in [1.29, 1.82) is 0 Å². The maximum Gasteiger partial charge on any atom is 0.307 e. The van der Waals surface area contributed by atoms with Crippen LogP contribution in [0.25, 0.3) is 0 Å².